The van der Waals surface area contributed by atoms with E-state index in [9.17, 15) is 0 Å². The van der Waals surface area contributed by atoms with Gasteiger partial charge in [0.05, 0.1) is 0 Å². The van der Waals surface area contributed by atoms with Crippen LogP contribution in [-0.2, 0) is 0 Å². The molecule has 0 saturated heterocycles. The summed E-state index contributed by atoms with van der Waals surface area (Å²) in [4.78, 5) is 0. The van der Waals surface area contributed by atoms with Crippen molar-refractivity contribution in [3.05, 3.63) is 115 Å². The molecule has 0 aliphatic rings. The van der Waals surface area contributed by atoms with Crippen LogP contribution in [0.1, 0.15) is 0 Å². The summed E-state index contributed by atoms with van der Waals surface area (Å²) in [5.41, 5.74) is 2.39. The molecular formula is C24H19Cl2P. The first-order valence-electron chi connectivity index (χ1n) is 8.65. The lowest BCUT2D eigenvalue weighted by molar-refractivity contribution is -0.00000483. The first-order valence-corrected chi connectivity index (χ1v) is 11.3. The highest BCUT2D eigenvalue weighted by molar-refractivity contribution is 8.15. The number of benzene rings is 4. The summed E-state index contributed by atoms with van der Waals surface area (Å²) >= 11 is 7.58. The van der Waals surface area contributed by atoms with Gasteiger partial charge in [0.2, 0.25) is 6.62 Å². The van der Waals surface area contributed by atoms with Gasteiger partial charge in [-0.15, -0.1) is 0 Å². The number of hydrogen-bond acceptors (Lipinski definition) is 0. The molecule has 0 fully saturated rings. The van der Waals surface area contributed by atoms with Crippen molar-refractivity contribution < 1.29 is 12.4 Å². The molecule has 0 N–H and O–H groups in total. The van der Waals surface area contributed by atoms with E-state index in [1.54, 1.807) is 0 Å². The van der Waals surface area contributed by atoms with Gasteiger partial charge in [-0.25, -0.2) is 0 Å². The minimum Gasteiger partial charge on any atom is -1.00 e. The summed E-state index contributed by atoms with van der Waals surface area (Å²) in [5, 5.41) is 3.55. The van der Waals surface area contributed by atoms with Crippen LogP contribution in [0.15, 0.2) is 115 Å². The van der Waals surface area contributed by atoms with Gasteiger partial charge in [0.1, 0.15) is 27.2 Å². The van der Waals surface area contributed by atoms with Crippen LogP contribution in [0.25, 0.3) is 11.1 Å². The average Bonchev–Trinajstić information content (AvgIpc) is 2.75. The number of halogens is 2. The van der Waals surface area contributed by atoms with Gasteiger partial charge < -0.3 is 12.4 Å². The van der Waals surface area contributed by atoms with Crippen LogP contribution in [-0.4, -0.2) is 0 Å². The summed E-state index contributed by atoms with van der Waals surface area (Å²) < 4.78 is 0. The fourth-order valence-electron chi connectivity index (χ4n) is 3.30. The highest BCUT2D eigenvalue weighted by Gasteiger charge is 2.46. The van der Waals surface area contributed by atoms with E-state index in [4.69, 9.17) is 11.2 Å². The maximum atomic E-state index is 7.58. The predicted octanol–water partition coefficient (Wildman–Crippen LogP) is 2.81. The maximum absolute atomic E-state index is 7.58. The SMILES string of the molecule is Cl[P+](c1ccccc1)(c1ccccc1)c1ccccc1-c1ccccc1.[Cl-]. The second-order valence-corrected chi connectivity index (χ2v) is 10.4. The van der Waals surface area contributed by atoms with Crippen molar-refractivity contribution in [1.82, 2.24) is 0 Å². The second kappa shape index (κ2) is 8.72. The number of hydrogen-bond donors (Lipinski definition) is 0. The fourth-order valence-corrected chi connectivity index (χ4v) is 7.26. The van der Waals surface area contributed by atoms with Crippen molar-refractivity contribution in [2.45, 2.75) is 0 Å². The Balaban J connectivity index is 0.00000210. The normalized spacial score (nSPS) is 10.9. The molecule has 0 nitrogen and oxygen atoms in total. The van der Waals surface area contributed by atoms with Gasteiger partial charge >= 0.3 is 0 Å². The topological polar surface area (TPSA) is 0 Å². The third-order valence-electron chi connectivity index (χ3n) is 4.54. The third-order valence-corrected chi connectivity index (χ3v) is 9.34. The van der Waals surface area contributed by atoms with Crippen LogP contribution in [0, 0.1) is 0 Å². The van der Waals surface area contributed by atoms with Crippen molar-refractivity contribution in [2.24, 2.45) is 0 Å². The molecule has 0 radical (unpaired) electrons. The van der Waals surface area contributed by atoms with Crippen molar-refractivity contribution in [1.29, 1.82) is 0 Å². The Morgan fingerprint density at radius 1 is 0.481 bits per heavy atom. The number of rotatable bonds is 4. The largest absolute Gasteiger partial charge is 1.00 e. The smallest absolute Gasteiger partial charge is 0.211 e. The molecule has 0 saturated carbocycles. The zero-order valence-corrected chi connectivity index (χ0v) is 17.1. The van der Waals surface area contributed by atoms with Crippen LogP contribution < -0.4 is 28.3 Å². The molecule has 4 rings (SSSR count). The lowest BCUT2D eigenvalue weighted by atomic mass is 10.1. The highest BCUT2D eigenvalue weighted by Crippen LogP contribution is 2.61. The van der Waals surface area contributed by atoms with Gasteiger partial charge in [-0.05, 0) is 35.9 Å². The van der Waals surface area contributed by atoms with E-state index in [0.29, 0.717) is 0 Å². The van der Waals surface area contributed by atoms with Gasteiger partial charge in [0.15, 0.2) is 0 Å². The van der Waals surface area contributed by atoms with Crippen molar-refractivity contribution in [2.75, 3.05) is 0 Å². The molecule has 0 bridgehead atoms. The van der Waals surface area contributed by atoms with E-state index < -0.39 is 6.62 Å². The Labute approximate surface area is 172 Å². The standard InChI is InChI=1S/C24H19ClP.ClH/c25-26(21-14-6-2-7-15-21,22-16-8-3-9-17-22)24-19-11-10-18-23(24)20-12-4-1-5-13-20;/h1-19H;1H/q+1;/p-1. The Hall–Kier alpha value is -2.11. The molecule has 27 heavy (non-hydrogen) atoms. The van der Waals surface area contributed by atoms with Gasteiger partial charge in [-0.2, -0.15) is 0 Å². The maximum Gasteiger partial charge on any atom is 0.211 e. The molecule has 0 atom stereocenters. The van der Waals surface area contributed by atoms with E-state index in [-0.39, 0.29) is 12.4 Å². The molecule has 0 spiro atoms. The van der Waals surface area contributed by atoms with Crippen molar-refractivity contribution in [3.63, 3.8) is 0 Å². The lowest BCUT2D eigenvalue weighted by Crippen LogP contribution is -3.00. The summed E-state index contributed by atoms with van der Waals surface area (Å²) in [6, 6.07) is 40.0. The molecule has 0 unspecified atom stereocenters. The summed E-state index contributed by atoms with van der Waals surface area (Å²) in [6.07, 6.45) is 0. The van der Waals surface area contributed by atoms with E-state index >= 15 is 0 Å². The first kappa shape index (κ1) is 19.6. The molecule has 0 amide bonds. The summed E-state index contributed by atoms with van der Waals surface area (Å²) in [7, 11) is 0. The molecule has 0 aliphatic heterocycles. The third kappa shape index (κ3) is 3.80. The Bertz CT molecular complexity index is 947. The van der Waals surface area contributed by atoms with Crippen LogP contribution in [0.3, 0.4) is 0 Å². The van der Waals surface area contributed by atoms with Gasteiger partial charge in [-0.1, -0.05) is 84.9 Å². The second-order valence-electron chi connectivity index (χ2n) is 6.14. The van der Waals surface area contributed by atoms with Crippen LogP contribution >= 0.6 is 17.9 Å². The summed E-state index contributed by atoms with van der Waals surface area (Å²) in [5.74, 6) is 0. The first-order chi connectivity index (χ1) is 12.8. The van der Waals surface area contributed by atoms with E-state index in [1.165, 1.54) is 27.0 Å². The molecule has 3 heteroatoms. The molecule has 0 aliphatic carbocycles. The minimum absolute atomic E-state index is 0. The van der Waals surface area contributed by atoms with Gasteiger partial charge in [-0.3, -0.25) is 0 Å². The quantitative estimate of drug-likeness (QED) is 0.455. The lowest BCUT2D eigenvalue weighted by Gasteiger charge is -2.21. The van der Waals surface area contributed by atoms with E-state index in [0.717, 1.165) is 0 Å². The summed E-state index contributed by atoms with van der Waals surface area (Å²) in [6.45, 7) is -2.26. The van der Waals surface area contributed by atoms with Gasteiger partial charge in [0, 0.05) is 5.56 Å². The van der Waals surface area contributed by atoms with Crippen molar-refractivity contribution in [3.8, 4) is 11.1 Å². The van der Waals surface area contributed by atoms with Crippen molar-refractivity contribution >= 4 is 33.8 Å². The fraction of sp³-hybridized carbons (Fsp3) is 0. The average molecular weight is 409 g/mol. The Kier molecular flexibility index (Phi) is 6.34. The Morgan fingerprint density at radius 2 is 0.889 bits per heavy atom. The zero-order valence-electron chi connectivity index (χ0n) is 14.7. The van der Waals surface area contributed by atoms with E-state index in [2.05, 4.69) is 97.1 Å². The molecule has 4 aromatic carbocycles. The monoisotopic (exact) mass is 408 g/mol. The zero-order chi connectivity index (χ0) is 17.8. The molecule has 134 valence electrons. The molecule has 4 aromatic rings. The Morgan fingerprint density at radius 3 is 1.41 bits per heavy atom. The van der Waals surface area contributed by atoms with Gasteiger partial charge in [0.25, 0.3) is 0 Å². The highest BCUT2D eigenvalue weighted by atomic mass is 35.7. The molecule has 0 aromatic heterocycles. The molecular weight excluding hydrogens is 390 g/mol. The molecule has 0 heterocycles. The van der Waals surface area contributed by atoms with E-state index in [1.807, 2.05) is 18.2 Å². The van der Waals surface area contributed by atoms with Crippen LogP contribution in [0.4, 0.5) is 0 Å². The minimum atomic E-state index is -2.26. The predicted molar refractivity (Wildman–Crippen MR) is 116 cm³/mol. The van der Waals surface area contributed by atoms with Crippen LogP contribution in [0.5, 0.6) is 0 Å². The van der Waals surface area contributed by atoms with Crippen LogP contribution in [0.2, 0.25) is 0 Å².